The number of hydrogen-bond donors (Lipinski definition) is 2. The van der Waals surface area contributed by atoms with Crippen molar-refractivity contribution >= 4 is 30.0 Å². The molecule has 0 unspecified atom stereocenters. The van der Waals surface area contributed by atoms with E-state index in [1.165, 1.54) is 18.0 Å². The van der Waals surface area contributed by atoms with E-state index in [9.17, 15) is 9.59 Å². The molecule has 92 valence electrons. The molecule has 3 N–H and O–H groups in total. The van der Waals surface area contributed by atoms with Crippen LogP contribution >= 0.6 is 11.8 Å². The molecule has 0 atom stereocenters. The molecule has 0 saturated carbocycles. The first kappa shape index (κ1) is 13.2. The fraction of sp³-hybridized carbons (Fsp3) is 0.333. The smallest absolute Gasteiger partial charge is 0.404 e. The third-order valence-corrected chi connectivity index (χ3v) is 2.31. The standard InChI is InChI=1S/C9H12N4O3S/c1-17-9-12-4-6(5-14)7(13-9)11-2-3-16-8(10)15/h4-5H,2-3H2,1H3,(H2,10,15)(H,11,12,13). The lowest BCUT2D eigenvalue weighted by Gasteiger charge is -2.08. The highest BCUT2D eigenvalue weighted by Crippen LogP contribution is 2.14. The average Bonchev–Trinajstić information content (AvgIpc) is 2.34. The van der Waals surface area contributed by atoms with Crippen molar-refractivity contribution in [3.8, 4) is 0 Å². The van der Waals surface area contributed by atoms with Crippen LogP contribution in [0.1, 0.15) is 10.4 Å². The summed E-state index contributed by atoms with van der Waals surface area (Å²) in [6.45, 7) is 0.418. The van der Waals surface area contributed by atoms with Crippen molar-refractivity contribution in [3.63, 3.8) is 0 Å². The number of hydrogen-bond acceptors (Lipinski definition) is 7. The minimum Gasteiger partial charge on any atom is -0.448 e. The molecule has 0 radical (unpaired) electrons. The van der Waals surface area contributed by atoms with Crippen LogP contribution in [0.5, 0.6) is 0 Å². The summed E-state index contributed by atoms with van der Waals surface area (Å²) < 4.78 is 4.53. The van der Waals surface area contributed by atoms with Crippen molar-refractivity contribution in [2.24, 2.45) is 5.73 Å². The topological polar surface area (TPSA) is 107 Å². The summed E-state index contributed by atoms with van der Waals surface area (Å²) in [6.07, 6.45) is 3.08. The van der Waals surface area contributed by atoms with Gasteiger partial charge in [-0.1, -0.05) is 11.8 Å². The molecule has 0 aliphatic heterocycles. The fourth-order valence-electron chi connectivity index (χ4n) is 1.02. The molecule has 0 aliphatic carbocycles. The Morgan fingerprint density at radius 2 is 2.47 bits per heavy atom. The molecule has 1 rings (SSSR count). The summed E-state index contributed by atoms with van der Waals surface area (Å²) in [6, 6.07) is 0. The van der Waals surface area contributed by atoms with Gasteiger partial charge in [0.05, 0.1) is 12.1 Å². The second-order valence-electron chi connectivity index (χ2n) is 2.87. The van der Waals surface area contributed by atoms with Crippen molar-refractivity contribution in [2.75, 3.05) is 24.7 Å². The lowest BCUT2D eigenvalue weighted by atomic mass is 10.3. The van der Waals surface area contributed by atoms with Gasteiger partial charge < -0.3 is 15.8 Å². The number of nitrogens with one attached hydrogen (secondary N) is 1. The van der Waals surface area contributed by atoms with Crippen LogP contribution < -0.4 is 11.1 Å². The van der Waals surface area contributed by atoms with Gasteiger partial charge in [0.2, 0.25) is 0 Å². The number of ether oxygens (including phenoxy) is 1. The molecule has 0 fully saturated rings. The predicted molar refractivity (Wildman–Crippen MR) is 63.2 cm³/mol. The summed E-state index contributed by atoms with van der Waals surface area (Å²) in [4.78, 5) is 29.1. The fourth-order valence-corrected chi connectivity index (χ4v) is 1.36. The largest absolute Gasteiger partial charge is 0.448 e. The Kier molecular flexibility index (Phi) is 5.21. The number of rotatable bonds is 6. The van der Waals surface area contributed by atoms with Gasteiger partial charge in [0.15, 0.2) is 11.4 Å². The number of nitrogens with zero attached hydrogens (tertiary/aromatic N) is 2. The van der Waals surface area contributed by atoms with Crippen molar-refractivity contribution < 1.29 is 14.3 Å². The van der Waals surface area contributed by atoms with E-state index in [1.54, 1.807) is 0 Å². The Labute approximate surface area is 102 Å². The summed E-state index contributed by atoms with van der Waals surface area (Å²) in [7, 11) is 0. The molecular formula is C9H12N4O3S. The Hall–Kier alpha value is -1.83. The molecule has 8 heteroatoms. The highest BCUT2D eigenvalue weighted by atomic mass is 32.2. The van der Waals surface area contributed by atoms with Gasteiger partial charge in [-0.25, -0.2) is 14.8 Å². The van der Waals surface area contributed by atoms with Crippen LogP contribution in [0.3, 0.4) is 0 Å². The van der Waals surface area contributed by atoms with E-state index in [1.807, 2.05) is 6.26 Å². The van der Waals surface area contributed by atoms with Gasteiger partial charge in [-0.3, -0.25) is 4.79 Å². The quantitative estimate of drug-likeness (QED) is 0.330. The molecule has 1 aromatic rings. The van der Waals surface area contributed by atoms with E-state index >= 15 is 0 Å². The van der Waals surface area contributed by atoms with Crippen molar-refractivity contribution in [3.05, 3.63) is 11.8 Å². The average molecular weight is 256 g/mol. The molecule has 0 saturated heterocycles. The van der Waals surface area contributed by atoms with Crippen LogP contribution in [0.4, 0.5) is 10.6 Å². The van der Waals surface area contributed by atoms with Crippen LogP contribution in [-0.2, 0) is 4.74 Å². The van der Waals surface area contributed by atoms with E-state index in [4.69, 9.17) is 5.73 Å². The predicted octanol–water partition coefficient (Wildman–Crippen LogP) is 0.518. The summed E-state index contributed by atoms with van der Waals surface area (Å²) in [5.41, 5.74) is 5.15. The highest BCUT2D eigenvalue weighted by Gasteiger charge is 2.05. The zero-order valence-corrected chi connectivity index (χ0v) is 9.99. The van der Waals surface area contributed by atoms with E-state index in [2.05, 4.69) is 20.0 Å². The van der Waals surface area contributed by atoms with Gasteiger partial charge in [0.25, 0.3) is 0 Å². The lowest BCUT2D eigenvalue weighted by molar-refractivity contribution is 0.112. The number of anilines is 1. The summed E-state index contributed by atoms with van der Waals surface area (Å²) in [5.74, 6) is 0.410. The van der Waals surface area contributed by atoms with Crippen LogP contribution in [0, 0.1) is 0 Å². The van der Waals surface area contributed by atoms with E-state index in [-0.39, 0.29) is 6.61 Å². The number of thioether (sulfide) groups is 1. The maximum atomic E-state index is 10.7. The van der Waals surface area contributed by atoms with Crippen LogP contribution in [0.25, 0.3) is 0 Å². The highest BCUT2D eigenvalue weighted by molar-refractivity contribution is 7.98. The molecule has 17 heavy (non-hydrogen) atoms. The maximum Gasteiger partial charge on any atom is 0.404 e. The normalized spacial score (nSPS) is 9.71. The first-order valence-corrected chi connectivity index (χ1v) is 5.92. The zero-order chi connectivity index (χ0) is 12.7. The second kappa shape index (κ2) is 6.69. The number of carbonyl (C=O) groups excluding carboxylic acids is 2. The maximum absolute atomic E-state index is 10.7. The van der Waals surface area contributed by atoms with Gasteiger partial charge in [-0.05, 0) is 6.26 Å². The molecule has 0 spiro atoms. The Morgan fingerprint density at radius 3 is 3.06 bits per heavy atom. The Bertz CT molecular complexity index is 413. The zero-order valence-electron chi connectivity index (χ0n) is 9.17. The molecule has 1 amide bonds. The number of amides is 1. The minimum absolute atomic E-state index is 0.103. The first-order chi connectivity index (χ1) is 8.17. The molecule has 1 heterocycles. The molecule has 0 aromatic carbocycles. The minimum atomic E-state index is -0.838. The first-order valence-electron chi connectivity index (χ1n) is 4.69. The molecule has 0 bridgehead atoms. The number of aldehydes is 1. The van der Waals surface area contributed by atoms with Gasteiger partial charge in [-0.2, -0.15) is 0 Å². The van der Waals surface area contributed by atoms with Gasteiger partial charge >= 0.3 is 6.09 Å². The monoisotopic (exact) mass is 256 g/mol. The lowest BCUT2D eigenvalue weighted by Crippen LogP contribution is -2.19. The van der Waals surface area contributed by atoms with Crippen LogP contribution in [-0.4, -0.2) is 41.8 Å². The van der Waals surface area contributed by atoms with Crippen molar-refractivity contribution in [1.29, 1.82) is 0 Å². The third kappa shape index (κ3) is 4.27. The number of carbonyl (C=O) groups is 2. The van der Waals surface area contributed by atoms with Gasteiger partial charge in [0, 0.05) is 6.20 Å². The van der Waals surface area contributed by atoms with Crippen LogP contribution in [0.2, 0.25) is 0 Å². The van der Waals surface area contributed by atoms with Gasteiger partial charge in [0.1, 0.15) is 12.4 Å². The second-order valence-corrected chi connectivity index (χ2v) is 3.65. The number of aromatic nitrogens is 2. The van der Waals surface area contributed by atoms with E-state index < -0.39 is 6.09 Å². The van der Waals surface area contributed by atoms with E-state index in [0.29, 0.717) is 29.4 Å². The summed E-state index contributed by atoms with van der Waals surface area (Å²) in [5, 5.41) is 3.42. The van der Waals surface area contributed by atoms with Crippen molar-refractivity contribution in [1.82, 2.24) is 9.97 Å². The molecule has 0 aliphatic rings. The SMILES string of the molecule is CSc1ncc(C=O)c(NCCOC(N)=O)n1. The van der Waals surface area contributed by atoms with Gasteiger partial charge in [-0.15, -0.1) is 0 Å². The van der Waals surface area contributed by atoms with Crippen LogP contribution in [0.15, 0.2) is 11.4 Å². The Balaban J connectivity index is 2.61. The van der Waals surface area contributed by atoms with E-state index in [0.717, 1.165) is 0 Å². The van der Waals surface area contributed by atoms with Crippen molar-refractivity contribution in [2.45, 2.75) is 5.16 Å². The molecule has 7 nitrogen and oxygen atoms in total. The molecule has 1 aromatic heterocycles. The summed E-state index contributed by atoms with van der Waals surface area (Å²) >= 11 is 1.36. The Morgan fingerprint density at radius 1 is 1.71 bits per heavy atom. The molecular weight excluding hydrogens is 244 g/mol. The third-order valence-electron chi connectivity index (χ3n) is 1.74. The number of nitrogens with two attached hydrogens (primary N) is 1. The number of primary amides is 1.